The van der Waals surface area contributed by atoms with E-state index in [1.54, 1.807) is 32.9 Å². The molecule has 0 spiro atoms. The first-order chi connectivity index (χ1) is 10.7. The molecule has 1 heterocycles. The minimum absolute atomic E-state index is 0.153. The van der Waals surface area contributed by atoms with Crippen LogP contribution in [0.3, 0.4) is 0 Å². The largest absolute Gasteiger partial charge is 0.481 e. The third kappa shape index (κ3) is 3.62. The second-order valence-electron chi connectivity index (χ2n) is 6.32. The van der Waals surface area contributed by atoms with Crippen LogP contribution in [0.1, 0.15) is 32.0 Å². The van der Waals surface area contributed by atoms with Crippen LogP contribution in [0.15, 0.2) is 36.9 Å². The quantitative estimate of drug-likeness (QED) is 0.872. The molecule has 0 saturated heterocycles. The van der Waals surface area contributed by atoms with E-state index in [0.717, 1.165) is 5.39 Å². The molecule has 0 atom stereocenters. The third-order valence-corrected chi connectivity index (χ3v) is 3.33. The van der Waals surface area contributed by atoms with Gasteiger partial charge in [-0.2, -0.15) is 0 Å². The zero-order chi connectivity index (χ0) is 17.2. The number of carboxylic acid groups (broad SMARTS) is 1. The van der Waals surface area contributed by atoms with Crippen molar-refractivity contribution in [2.45, 2.75) is 39.2 Å². The van der Waals surface area contributed by atoms with Crippen molar-refractivity contribution in [2.75, 3.05) is 0 Å². The van der Waals surface area contributed by atoms with E-state index in [-0.39, 0.29) is 6.42 Å². The van der Waals surface area contributed by atoms with Crippen molar-refractivity contribution in [1.29, 1.82) is 0 Å². The van der Waals surface area contributed by atoms with Gasteiger partial charge in [-0.05, 0) is 32.4 Å². The van der Waals surface area contributed by atoms with E-state index < -0.39 is 17.7 Å². The summed E-state index contributed by atoms with van der Waals surface area (Å²) < 4.78 is 6.94. The molecule has 0 aliphatic rings. The maximum atomic E-state index is 12.6. The van der Waals surface area contributed by atoms with Crippen molar-refractivity contribution in [3.8, 4) is 0 Å². The van der Waals surface area contributed by atoms with E-state index in [2.05, 4.69) is 6.58 Å². The Labute approximate surface area is 135 Å². The Kier molecular flexibility index (Phi) is 4.59. The smallest absolute Gasteiger partial charge is 0.419 e. The summed E-state index contributed by atoms with van der Waals surface area (Å²) in [7, 11) is 0. The lowest BCUT2D eigenvalue weighted by Crippen LogP contribution is -2.28. The molecule has 0 saturated carbocycles. The highest BCUT2D eigenvalue weighted by molar-refractivity contribution is 5.95. The number of ether oxygens (including phenoxy) is 1. The maximum absolute atomic E-state index is 12.6. The van der Waals surface area contributed by atoms with Gasteiger partial charge in [0.1, 0.15) is 5.60 Å². The topological polar surface area (TPSA) is 68.5 Å². The number of para-hydroxylation sites is 1. The summed E-state index contributed by atoms with van der Waals surface area (Å²) in [5.41, 5.74) is 1.24. The molecule has 0 unspecified atom stereocenters. The number of nitrogens with zero attached hydrogens (tertiary/aromatic N) is 1. The molecule has 0 radical (unpaired) electrons. The number of carbonyl (C=O) groups is 2. The van der Waals surface area contributed by atoms with Gasteiger partial charge in [0, 0.05) is 17.5 Å². The van der Waals surface area contributed by atoms with Crippen molar-refractivity contribution in [3.05, 3.63) is 48.2 Å². The van der Waals surface area contributed by atoms with E-state index in [1.165, 1.54) is 4.57 Å². The summed E-state index contributed by atoms with van der Waals surface area (Å²) >= 11 is 0. The standard InChI is InChI=1S/C18H21NO4/c1-5-8-14-13(11-16(20)21)12-9-6-7-10-15(12)19(14)17(22)23-18(2,3)4/h5-7,9-10H,1,8,11H2,2-4H3,(H,20,21). The Morgan fingerprint density at radius 3 is 2.52 bits per heavy atom. The number of hydrogen-bond donors (Lipinski definition) is 1. The van der Waals surface area contributed by atoms with Crippen LogP contribution in [-0.2, 0) is 22.4 Å². The van der Waals surface area contributed by atoms with Crippen molar-refractivity contribution >= 4 is 23.0 Å². The zero-order valence-electron chi connectivity index (χ0n) is 13.6. The highest BCUT2D eigenvalue weighted by atomic mass is 16.6. The minimum atomic E-state index is -0.942. The van der Waals surface area contributed by atoms with Crippen molar-refractivity contribution < 1.29 is 19.4 Å². The number of allylic oxidation sites excluding steroid dienone is 1. The number of carboxylic acids is 1. The van der Waals surface area contributed by atoms with Gasteiger partial charge in [0.15, 0.2) is 0 Å². The number of hydrogen-bond acceptors (Lipinski definition) is 3. The van der Waals surface area contributed by atoms with E-state index in [9.17, 15) is 14.7 Å². The van der Waals surface area contributed by atoms with Crippen LogP contribution in [0.5, 0.6) is 0 Å². The Hall–Kier alpha value is -2.56. The average Bonchev–Trinajstić information content (AvgIpc) is 2.71. The van der Waals surface area contributed by atoms with Gasteiger partial charge in [0.05, 0.1) is 11.9 Å². The Morgan fingerprint density at radius 1 is 1.30 bits per heavy atom. The molecular formula is C18H21NO4. The van der Waals surface area contributed by atoms with Gasteiger partial charge in [0.2, 0.25) is 0 Å². The van der Waals surface area contributed by atoms with Gasteiger partial charge in [-0.3, -0.25) is 4.79 Å². The normalized spacial score (nSPS) is 11.4. The monoisotopic (exact) mass is 315 g/mol. The van der Waals surface area contributed by atoms with E-state index >= 15 is 0 Å². The number of aliphatic carboxylic acids is 1. The molecule has 2 rings (SSSR count). The first-order valence-electron chi connectivity index (χ1n) is 7.42. The summed E-state index contributed by atoms with van der Waals surface area (Å²) in [5.74, 6) is -0.942. The fourth-order valence-corrected chi connectivity index (χ4v) is 2.58. The maximum Gasteiger partial charge on any atom is 0.419 e. The Balaban J connectivity index is 2.70. The molecule has 23 heavy (non-hydrogen) atoms. The average molecular weight is 315 g/mol. The van der Waals surface area contributed by atoms with Crippen LogP contribution in [0.4, 0.5) is 4.79 Å². The molecule has 0 aliphatic carbocycles. The molecule has 5 nitrogen and oxygen atoms in total. The molecule has 1 N–H and O–H groups in total. The number of fused-ring (bicyclic) bond motifs is 1. The lowest BCUT2D eigenvalue weighted by Gasteiger charge is -2.21. The molecule has 122 valence electrons. The predicted molar refractivity (Wildman–Crippen MR) is 88.8 cm³/mol. The second-order valence-corrected chi connectivity index (χ2v) is 6.32. The van der Waals surface area contributed by atoms with Gasteiger partial charge in [-0.25, -0.2) is 9.36 Å². The summed E-state index contributed by atoms with van der Waals surface area (Å²) in [5, 5.41) is 9.95. The molecule has 2 aromatic rings. The summed E-state index contributed by atoms with van der Waals surface area (Å²) in [4.78, 5) is 23.9. The molecule has 0 amide bonds. The van der Waals surface area contributed by atoms with Gasteiger partial charge in [0.25, 0.3) is 0 Å². The van der Waals surface area contributed by atoms with Crippen molar-refractivity contribution in [3.63, 3.8) is 0 Å². The SMILES string of the molecule is C=CCc1c(CC(=O)O)c2ccccc2n1C(=O)OC(C)(C)C. The molecule has 0 bridgehead atoms. The van der Waals surface area contributed by atoms with Gasteiger partial charge in [-0.1, -0.05) is 24.3 Å². The molecule has 0 aliphatic heterocycles. The van der Waals surface area contributed by atoms with E-state index in [1.807, 2.05) is 18.2 Å². The van der Waals surface area contributed by atoms with Crippen LogP contribution in [0.25, 0.3) is 10.9 Å². The van der Waals surface area contributed by atoms with E-state index in [0.29, 0.717) is 23.2 Å². The van der Waals surface area contributed by atoms with Crippen LogP contribution in [0, 0.1) is 0 Å². The van der Waals surface area contributed by atoms with Crippen LogP contribution in [0.2, 0.25) is 0 Å². The molecule has 1 aromatic carbocycles. The zero-order valence-corrected chi connectivity index (χ0v) is 13.6. The number of carbonyl (C=O) groups excluding carboxylic acids is 1. The first-order valence-corrected chi connectivity index (χ1v) is 7.42. The van der Waals surface area contributed by atoms with Gasteiger partial charge < -0.3 is 9.84 Å². The van der Waals surface area contributed by atoms with Gasteiger partial charge in [-0.15, -0.1) is 6.58 Å². The fraction of sp³-hybridized carbons (Fsp3) is 0.333. The number of rotatable bonds is 4. The van der Waals surface area contributed by atoms with Crippen molar-refractivity contribution in [1.82, 2.24) is 4.57 Å². The summed E-state index contributed by atoms with van der Waals surface area (Å²) in [6, 6.07) is 7.24. The molecule has 1 aromatic heterocycles. The van der Waals surface area contributed by atoms with E-state index in [4.69, 9.17) is 4.74 Å². The lowest BCUT2D eigenvalue weighted by molar-refractivity contribution is -0.136. The van der Waals surface area contributed by atoms with Crippen molar-refractivity contribution in [2.24, 2.45) is 0 Å². The summed E-state index contributed by atoms with van der Waals surface area (Å²) in [6.45, 7) is 9.09. The predicted octanol–water partition coefficient (Wildman–Crippen LogP) is 3.78. The second kappa shape index (κ2) is 6.28. The number of benzene rings is 1. The Bertz CT molecular complexity index is 765. The van der Waals surface area contributed by atoms with Crippen LogP contribution < -0.4 is 0 Å². The third-order valence-electron chi connectivity index (χ3n) is 3.33. The van der Waals surface area contributed by atoms with Crippen LogP contribution >= 0.6 is 0 Å². The first kappa shape index (κ1) is 16.8. The van der Waals surface area contributed by atoms with Gasteiger partial charge >= 0.3 is 12.1 Å². The fourth-order valence-electron chi connectivity index (χ4n) is 2.58. The Morgan fingerprint density at radius 2 is 1.96 bits per heavy atom. The lowest BCUT2D eigenvalue weighted by atomic mass is 10.1. The molecular weight excluding hydrogens is 294 g/mol. The van der Waals surface area contributed by atoms with Crippen LogP contribution in [-0.4, -0.2) is 27.3 Å². The highest BCUT2D eigenvalue weighted by Gasteiger charge is 2.25. The highest BCUT2D eigenvalue weighted by Crippen LogP contribution is 2.28. The minimum Gasteiger partial charge on any atom is -0.481 e. The summed E-state index contributed by atoms with van der Waals surface area (Å²) in [6.07, 6.45) is 1.37. The molecule has 5 heteroatoms. The molecule has 0 fully saturated rings. The number of aromatic nitrogens is 1.